The number of carbonyl (C=O) groups is 2. The summed E-state index contributed by atoms with van der Waals surface area (Å²) in [5, 5.41) is -6.06. The predicted octanol–water partition coefficient (Wildman–Crippen LogP) is 2.89. The predicted molar refractivity (Wildman–Crippen MR) is 85.7 cm³/mol. The van der Waals surface area contributed by atoms with Crippen molar-refractivity contribution in [3.63, 3.8) is 0 Å². The maximum absolute atomic E-state index is 13.5. The molecule has 0 radical (unpaired) electrons. The van der Waals surface area contributed by atoms with E-state index in [9.17, 15) is 53.3 Å². The van der Waals surface area contributed by atoms with Gasteiger partial charge in [-0.25, -0.2) is 18.0 Å². The van der Waals surface area contributed by atoms with Crippen LogP contribution in [0.4, 0.5) is 30.7 Å². The minimum atomic E-state index is -6.80. The van der Waals surface area contributed by atoms with Crippen molar-refractivity contribution in [3.05, 3.63) is 12.7 Å². The molecule has 0 saturated carbocycles. The molecule has 0 amide bonds. The molecule has 1 unspecified atom stereocenters. The van der Waals surface area contributed by atoms with Gasteiger partial charge in [0.05, 0.1) is 13.2 Å². The highest BCUT2D eigenvalue weighted by Crippen LogP contribution is 2.42. The van der Waals surface area contributed by atoms with Gasteiger partial charge in [0.25, 0.3) is 0 Å². The monoisotopic (exact) mass is 491 g/mol. The molecule has 0 aromatic heterocycles. The van der Waals surface area contributed by atoms with E-state index in [0.717, 1.165) is 0 Å². The number of alkyl halides is 7. The highest BCUT2D eigenvalue weighted by Gasteiger charge is 2.68. The minimum absolute atomic E-state index is 0.0973. The standard InChI is InChI=1S/C15H19F7O8S/c1-3-5-8-28-11(24)13(14(18,19)20,30-10(23)4-2)29-9-6-7-12(16,17)15(21,22)31(25,26)27/h4H,2-3,5-9H2,1H3,(H,25,26,27)/p-1. The van der Waals surface area contributed by atoms with Crippen LogP contribution in [0.15, 0.2) is 12.7 Å². The lowest BCUT2D eigenvalue weighted by molar-refractivity contribution is -0.355. The van der Waals surface area contributed by atoms with Crippen molar-refractivity contribution >= 4 is 22.1 Å². The molecule has 1 atom stereocenters. The molecule has 0 aromatic rings. The van der Waals surface area contributed by atoms with Crippen LogP contribution in [-0.2, 0) is 33.9 Å². The van der Waals surface area contributed by atoms with Gasteiger partial charge in [-0.1, -0.05) is 19.9 Å². The van der Waals surface area contributed by atoms with Gasteiger partial charge in [0.1, 0.15) is 0 Å². The van der Waals surface area contributed by atoms with Crippen LogP contribution in [0.2, 0.25) is 0 Å². The zero-order chi connectivity index (χ0) is 24.7. The van der Waals surface area contributed by atoms with Crippen LogP contribution < -0.4 is 0 Å². The molecule has 0 heterocycles. The molecule has 0 aliphatic heterocycles. The van der Waals surface area contributed by atoms with Gasteiger partial charge in [0.2, 0.25) is 0 Å². The Kier molecular flexibility index (Phi) is 9.92. The molecule has 0 aliphatic carbocycles. The molecular formula is C15H18F7O8S-. The van der Waals surface area contributed by atoms with Crippen molar-refractivity contribution in [1.29, 1.82) is 0 Å². The molecule has 0 fully saturated rings. The molecular weight excluding hydrogens is 473 g/mol. The lowest BCUT2D eigenvalue weighted by Crippen LogP contribution is -2.58. The molecule has 0 N–H and O–H groups in total. The average molecular weight is 491 g/mol. The minimum Gasteiger partial charge on any atom is -0.743 e. The van der Waals surface area contributed by atoms with Gasteiger partial charge in [0.15, 0.2) is 10.1 Å². The Hall–Kier alpha value is -1.94. The van der Waals surface area contributed by atoms with Crippen molar-refractivity contribution in [2.45, 2.75) is 55.7 Å². The van der Waals surface area contributed by atoms with E-state index >= 15 is 0 Å². The second-order valence-corrected chi connectivity index (χ2v) is 7.28. The summed E-state index contributed by atoms with van der Waals surface area (Å²) in [6, 6.07) is 0. The molecule has 8 nitrogen and oxygen atoms in total. The summed E-state index contributed by atoms with van der Waals surface area (Å²) < 4.78 is 137. The first-order valence-corrected chi connectivity index (χ1v) is 9.74. The van der Waals surface area contributed by atoms with Crippen LogP contribution >= 0.6 is 0 Å². The smallest absolute Gasteiger partial charge is 0.468 e. The Morgan fingerprint density at radius 3 is 2.00 bits per heavy atom. The van der Waals surface area contributed by atoms with Crippen LogP contribution in [0.5, 0.6) is 0 Å². The highest BCUT2D eigenvalue weighted by atomic mass is 32.2. The van der Waals surface area contributed by atoms with E-state index in [-0.39, 0.29) is 12.5 Å². The first-order valence-electron chi connectivity index (χ1n) is 8.34. The molecule has 0 rings (SSSR count). The van der Waals surface area contributed by atoms with E-state index in [1.165, 1.54) is 0 Å². The van der Waals surface area contributed by atoms with Gasteiger partial charge in [-0.05, 0) is 12.8 Å². The largest absolute Gasteiger partial charge is 0.743 e. The van der Waals surface area contributed by atoms with Gasteiger partial charge < -0.3 is 18.8 Å². The van der Waals surface area contributed by atoms with E-state index in [2.05, 4.69) is 20.8 Å². The number of esters is 2. The zero-order valence-electron chi connectivity index (χ0n) is 15.8. The zero-order valence-corrected chi connectivity index (χ0v) is 16.7. The number of hydrogen-bond donors (Lipinski definition) is 0. The highest BCUT2D eigenvalue weighted by molar-refractivity contribution is 7.86. The fourth-order valence-electron chi connectivity index (χ4n) is 1.81. The topological polar surface area (TPSA) is 119 Å². The van der Waals surface area contributed by atoms with Crippen LogP contribution in [0, 0.1) is 0 Å². The Balaban J connectivity index is 5.61. The van der Waals surface area contributed by atoms with Crippen molar-refractivity contribution in [2.24, 2.45) is 0 Å². The summed E-state index contributed by atoms with van der Waals surface area (Å²) in [5.41, 5.74) is 0. The van der Waals surface area contributed by atoms with Gasteiger partial charge in [-0.3, -0.25) is 0 Å². The summed E-state index contributed by atoms with van der Waals surface area (Å²) in [6.07, 6.45) is -8.65. The summed E-state index contributed by atoms with van der Waals surface area (Å²) in [7, 11) is -6.80. The number of rotatable bonds is 13. The van der Waals surface area contributed by atoms with E-state index in [4.69, 9.17) is 0 Å². The van der Waals surface area contributed by atoms with E-state index < -0.39 is 71.3 Å². The number of ether oxygens (including phenoxy) is 3. The maximum atomic E-state index is 13.5. The first kappa shape index (κ1) is 29.1. The Labute approximate surface area is 172 Å². The third-order valence-electron chi connectivity index (χ3n) is 3.46. The van der Waals surface area contributed by atoms with Gasteiger partial charge in [0, 0.05) is 12.5 Å². The molecule has 0 aromatic carbocycles. The summed E-state index contributed by atoms with van der Waals surface area (Å²) in [5.74, 6) is -14.0. The lowest BCUT2D eigenvalue weighted by atomic mass is 10.2. The van der Waals surface area contributed by atoms with Crippen LogP contribution in [0.3, 0.4) is 0 Å². The summed E-state index contributed by atoms with van der Waals surface area (Å²) >= 11 is 0. The Morgan fingerprint density at radius 2 is 1.58 bits per heavy atom. The quantitative estimate of drug-likeness (QED) is 0.0964. The van der Waals surface area contributed by atoms with Crippen molar-refractivity contribution < 1.29 is 67.5 Å². The maximum Gasteiger partial charge on any atom is 0.468 e. The molecule has 31 heavy (non-hydrogen) atoms. The van der Waals surface area contributed by atoms with Gasteiger partial charge in [-0.2, -0.15) is 30.7 Å². The van der Waals surface area contributed by atoms with Crippen molar-refractivity contribution in [1.82, 2.24) is 0 Å². The number of halogens is 7. The SMILES string of the molecule is C=CC(=O)OC(OCCCC(F)(F)C(F)(F)S(=O)(=O)[O-])(C(=O)OCCCC)C(F)(F)F. The molecule has 182 valence electrons. The van der Waals surface area contributed by atoms with E-state index in [0.29, 0.717) is 6.42 Å². The van der Waals surface area contributed by atoms with Crippen LogP contribution in [0.1, 0.15) is 32.6 Å². The fraction of sp³-hybridized carbons (Fsp3) is 0.733. The Morgan fingerprint density at radius 1 is 1.03 bits per heavy atom. The molecule has 0 bridgehead atoms. The summed E-state index contributed by atoms with van der Waals surface area (Å²) in [6.45, 7) is 2.30. The van der Waals surface area contributed by atoms with Gasteiger partial charge >= 0.3 is 35.1 Å². The number of hydrogen-bond acceptors (Lipinski definition) is 8. The van der Waals surface area contributed by atoms with E-state index in [1.54, 1.807) is 6.92 Å². The molecule has 0 saturated heterocycles. The average Bonchev–Trinajstić information content (AvgIpc) is 2.61. The second kappa shape index (κ2) is 10.6. The lowest BCUT2D eigenvalue weighted by Gasteiger charge is -2.32. The second-order valence-electron chi connectivity index (χ2n) is 5.86. The molecule has 16 heteroatoms. The Bertz CT molecular complexity index is 751. The van der Waals surface area contributed by atoms with E-state index in [1.807, 2.05) is 0 Å². The van der Waals surface area contributed by atoms with Crippen LogP contribution in [0.25, 0.3) is 0 Å². The molecule has 0 aliphatic rings. The molecule has 0 spiro atoms. The van der Waals surface area contributed by atoms with Crippen LogP contribution in [-0.4, -0.2) is 61.3 Å². The van der Waals surface area contributed by atoms with Crippen molar-refractivity contribution in [2.75, 3.05) is 13.2 Å². The normalized spacial score (nSPS) is 15.1. The number of carbonyl (C=O) groups excluding carboxylic acids is 2. The fourth-order valence-corrected chi connectivity index (χ4v) is 2.28. The van der Waals surface area contributed by atoms with Crippen molar-refractivity contribution in [3.8, 4) is 0 Å². The number of unbranched alkanes of at least 4 members (excludes halogenated alkanes) is 1. The first-order chi connectivity index (χ1) is 13.9. The third kappa shape index (κ3) is 7.03. The van der Waals surface area contributed by atoms with Gasteiger partial charge in [-0.15, -0.1) is 0 Å². The third-order valence-corrected chi connectivity index (χ3v) is 4.39. The summed E-state index contributed by atoms with van der Waals surface area (Å²) in [4.78, 5) is 23.2.